The molecule has 4 heteroatoms. The summed E-state index contributed by atoms with van der Waals surface area (Å²) in [6.45, 7) is 3.24. The molecule has 2 rings (SSSR count). The lowest BCUT2D eigenvalue weighted by molar-refractivity contribution is 0.733. The predicted octanol–water partition coefficient (Wildman–Crippen LogP) is 2.68. The molecule has 2 nitrogen and oxygen atoms in total. The van der Waals surface area contributed by atoms with Crippen LogP contribution in [0, 0.1) is 0 Å². The number of para-hydroxylation sites is 1. The van der Waals surface area contributed by atoms with Crippen LogP contribution >= 0.6 is 24.0 Å². The minimum absolute atomic E-state index is 0.895. The van der Waals surface area contributed by atoms with Gasteiger partial charge in [-0.3, -0.25) is 0 Å². The minimum Gasteiger partial charge on any atom is -0.371 e. The van der Waals surface area contributed by atoms with Crippen LogP contribution in [0.15, 0.2) is 24.3 Å². The molecule has 1 aliphatic heterocycles. The second kappa shape index (κ2) is 6.26. The Morgan fingerprint density at radius 2 is 2.29 bits per heavy atom. The van der Waals surface area contributed by atoms with Crippen LogP contribution in [0.3, 0.4) is 0 Å². The van der Waals surface area contributed by atoms with Gasteiger partial charge >= 0.3 is 0 Å². The third-order valence-corrected chi connectivity index (χ3v) is 4.20. The largest absolute Gasteiger partial charge is 0.371 e. The smallest absolute Gasteiger partial charge is 0.133 e. The third kappa shape index (κ3) is 3.36. The van der Waals surface area contributed by atoms with Crippen molar-refractivity contribution < 1.29 is 0 Å². The summed E-state index contributed by atoms with van der Waals surface area (Å²) in [5.74, 6) is 0. The molecule has 0 fully saturated rings. The van der Waals surface area contributed by atoms with Crippen LogP contribution in [0.5, 0.6) is 0 Å². The van der Waals surface area contributed by atoms with E-state index in [9.17, 15) is 0 Å². The number of hydrogen-bond acceptors (Lipinski definition) is 3. The Morgan fingerprint density at radius 1 is 1.47 bits per heavy atom. The maximum absolute atomic E-state index is 5.10. The van der Waals surface area contributed by atoms with Gasteiger partial charge in [0.05, 0.1) is 0 Å². The number of nitrogens with zero attached hydrogens (tertiary/aromatic N) is 1. The van der Waals surface area contributed by atoms with Crippen molar-refractivity contribution in [1.82, 2.24) is 5.32 Å². The molecular formula is C13H18N2S2. The van der Waals surface area contributed by atoms with Gasteiger partial charge < -0.3 is 10.2 Å². The normalized spacial score (nSPS) is 13.6. The summed E-state index contributed by atoms with van der Waals surface area (Å²) in [6, 6.07) is 8.71. The van der Waals surface area contributed by atoms with Crippen LogP contribution in [0.1, 0.15) is 12.0 Å². The molecule has 0 amide bonds. The zero-order valence-corrected chi connectivity index (χ0v) is 11.7. The molecule has 1 aromatic rings. The maximum atomic E-state index is 5.10. The third-order valence-electron chi connectivity index (χ3n) is 3.04. The summed E-state index contributed by atoms with van der Waals surface area (Å²) in [6.07, 6.45) is 4.33. The molecule has 0 unspecified atom stereocenters. The summed E-state index contributed by atoms with van der Waals surface area (Å²) >= 11 is 6.71. The molecule has 0 spiro atoms. The van der Waals surface area contributed by atoms with Crippen molar-refractivity contribution in [2.75, 3.05) is 30.8 Å². The number of rotatable bonds is 4. The molecule has 0 aromatic heterocycles. The summed E-state index contributed by atoms with van der Waals surface area (Å²) in [4.78, 5) is 2.47. The van der Waals surface area contributed by atoms with E-state index in [1.165, 1.54) is 17.7 Å². The van der Waals surface area contributed by atoms with E-state index in [-0.39, 0.29) is 0 Å². The van der Waals surface area contributed by atoms with Crippen molar-refractivity contribution in [2.45, 2.75) is 12.8 Å². The molecular weight excluding hydrogens is 248 g/mol. The fourth-order valence-electron chi connectivity index (χ4n) is 2.17. The number of hydrogen-bond donors (Lipinski definition) is 1. The Labute approximate surface area is 113 Å². The lowest BCUT2D eigenvalue weighted by atomic mass is 10.2. The van der Waals surface area contributed by atoms with E-state index >= 15 is 0 Å². The first-order valence-electron chi connectivity index (χ1n) is 5.96. The highest BCUT2D eigenvalue weighted by molar-refractivity contribution is 8.22. The molecule has 1 aliphatic rings. The van der Waals surface area contributed by atoms with Crippen LogP contribution in [-0.4, -0.2) is 30.2 Å². The van der Waals surface area contributed by atoms with Gasteiger partial charge in [0.1, 0.15) is 4.32 Å². The molecule has 92 valence electrons. The van der Waals surface area contributed by atoms with Crippen LogP contribution < -0.4 is 10.2 Å². The van der Waals surface area contributed by atoms with Crippen molar-refractivity contribution in [2.24, 2.45) is 0 Å². The van der Waals surface area contributed by atoms with Gasteiger partial charge in [-0.05, 0) is 30.7 Å². The number of anilines is 1. The van der Waals surface area contributed by atoms with Crippen molar-refractivity contribution in [3.8, 4) is 0 Å². The van der Waals surface area contributed by atoms with Crippen molar-refractivity contribution in [1.29, 1.82) is 0 Å². The van der Waals surface area contributed by atoms with E-state index < -0.39 is 0 Å². The van der Waals surface area contributed by atoms with Crippen LogP contribution in [0.2, 0.25) is 0 Å². The Bertz CT molecular complexity index is 393. The second-order valence-electron chi connectivity index (χ2n) is 4.14. The number of benzene rings is 1. The second-order valence-corrected chi connectivity index (χ2v) is 5.62. The van der Waals surface area contributed by atoms with Gasteiger partial charge in [-0.1, -0.05) is 30.4 Å². The minimum atomic E-state index is 0.895. The van der Waals surface area contributed by atoms with Gasteiger partial charge in [0.25, 0.3) is 0 Å². The number of thiocarbonyl (C=S) groups is 1. The van der Waals surface area contributed by atoms with Gasteiger partial charge in [-0.25, -0.2) is 0 Å². The Kier molecular flexibility index (Phi) is 4.68. The molecule has 1 heterocycles. The van der Waals surface area contributed by atoms with Gasteiger partial charge in [0.2, 0.25) is 0 Å². The van der Waals surface area contributed by atoms with Crippen molar-refractivity contribution in [3.05, 3.63) is 29.8 Å². The number of thioether (sulfide) groups is 1. The van der Waals surface area contributed by atoms with Crippen molar-refractivity contribution >= 4 is 34.0 Å². The Balaban J connectivity index is 1.76. The first kappa shape index (κ1) is 12.7. The molecule has 0 saturated heterocycles. The monoisotopic (exact) mass is 266 g/mol. The first-order valence-corrected chi connectivity index (χ1v) is 7.59. The molecule has 0 saturated carbocycles. The van der Waals surface area contributed by atoms with E-state index in [1.54, 1.807) is 11.8 Å². The summed E-state index contributed by atoms with van der Waals surface area (Å²) in [5.41, 5.74) is 2.90. The number of nitrogens with one attached hydrogen (secondary N) is 1. The highest BCUT2D eigenvalue weighted by atomic mass is 32.2. The molecule has 1 aromatic carbocycles. The molecule has 0 radical (unpaired) electrons. The van der Waals surface area contributed by atoms with Crippen LogP contribution in [-0.2, 0) is 6.42 Å². The maximum Gasteiger partial charge on any atom is 0.133 e. The molecule has 1 N–H and O–H groups in total. The van der Waals surface area contributed by atoms with E-state index in [1.807, 2.05) is 6.26 Å². The van der Waals surface area contributed by atoms with Gasteiger partial charge in [0, 0.05) is 25.3 Å². The van der Waals surface area contributed by atoms with E-state index in [2.05, 4.69) is 34.5 Å². The van der Waals surface area contributed by atoms with E-state index in [0.29, 0.717) is 0 Å². The zero-order valence-electron chi connectivity index (χ0n) is 10.1. The summed E-state index contributed by atoms with van der Waals surface area (Å²) in [7, 11) is 0. The van der Waals surface area contributed by atoms with Gasteiger partial charge in [-0.2, -0.15) is 0 Å². The summed E-state index contributed by atoms with van der Waals surface area (Å²) in [5, 5.41) is 3.25. The lowest BCUT2D eigenvalue weighted by Crippen LogP contribution is -2.27. The average Bonchev–Trinajstić information content (AvgIpc) is 2.78. The molecule has 0 atom stereocenters. The fourth-order valence-corrected chi connectivity index (χ4v) is 2.52. The van der Waals surface area contributed by atoms with Crippen LogP contribution in [0.25, 0.3) is 0 Å². The van der Waals surface area contributed by atoms with Gasteiger partial charge in [-0.15, -0.1) is 11.8 Å². The van der Waals surface area contributed by atoms with E-state index in [0.717, 1.165) is 30.4 Å². The SMILES string of the molecule is CSC(=S)NCCCN1CCc2ccccc21. The lowest BCUT2D eigenvalue weighted by Gasteiger charge is -2.19. The van der Waals surface area contributed by atoms with Crippen molar-refractivity contribution in [3.63, 3.8) is 0 Å². The number of fused-ring (bicyclic) bond motifs is 1. The highest BCUT2D eigenvalue weighted by Gasteiger charge is 2.17. The van der Waals surface area contributed by atoms with Gasteiger partial charge in [0.15, 0.2) is 0 Å². The average molecular weight is 266 g/mol. The predicted molar refractivity (Wildman–Crippen MR) is 81.1 cm³/mol. The Hall–Kier alpha value is -0.740. The first-order chi connectivity index (χ1) is 8.31. The molecule has 17 heavy (non-hydrogen) atoms. The fraction of sp³-hybridized carbons (Fsp3) is 0.462. The molecule has 0 aliphatic carbocycles. The van der Waals surface area contributed by atoms with E-state index in [4.69, 9.17) is 12.2 Å². The van der Waals surface area contributed by atoms with Crippen LogP contribution in [0.4, 0.5) is 5.69 Å². The molecule has 0 bridgehead atoms. The summed E-state index contributed by atoms with van der Waals surface area (Å²) < 4.78 is 0.895. The quantitative estimate of drug-likeness (QED) is 0.665. The zero-order chi connectivity index (χ0) is 12.1. The standard InChI is InChI=1S/C13H18N2S2/c1-17-13(16)14-8-4-9-15-10-7-11-5-2-3-6-12(11)15/h2-3,5-6H,4,7-10H2,1H3,(H,14,16). The topological polar surface area (TPSA) is 15.3 Å². The highest BCUT2D eigenvalue weighted by Crippen LogP contribution is 2.27. The Morgan fingerprint density at radius 3 is 3.12 bits per heavy atom.